The second kappa shape index (κ2) is 9.64. The molecule has 0 radical (unpaired) electrons. The number of carbonyl (C=O) groups is 2. The van der Waals surface area contributed by atoms with E-state index in [1.54, 1.807) is 0 Å². The van der Waals surface area contributed by atoms with Crippen molar-refractivity contribution in [3.63, 3.8) is 0 Å². The number of carbonyl (C=O) groups excluding carboxylic acids is 2. The Kier molecular flexibility index (Phi) is 6.69. The van der Waals surface area contributed by atoms with Gasteiger partial charge in [-0.05, 0) is 80.4 Å². The maximum atomic E-state index is 14.7. The number of aliphatic hydroxyl groups is 1. The molecule has 2 saturated heterocycles. The highest BCUT2D eigenvalue weighted by molar-refractivity contribution is 6.09. The van der Waals surface area contributed by atoms with Crippen molar-refractivity contribution in [3.8, 4) is 0 Å². The van der Waals surface area contributed by atoms with Crippen LogP contribution in [0.5, 0.6) is 0 Å². The summed E-state index contributed by atoms with van der Waals surface area (Å²) in [5.74, 6) is -0.884. The van der Waals surface area contributed by atoms with Gasteiger partial charge in [-0.3, -0.25) is 9.59 Å². The minimum absolute atomic E-state index is 0.0288. The Balaban J connectivity index is 1.59. The first-order valence-corrected chi connectivity index (χ1v) is 15.4. The molecule has 1 spiro atoms. The van der Waals surface area contributed by atoms with Gasteiger partial charge in [-0.2, -0.15) is 0 Å². The molecule has 1 saturated carbocycles. The fourth-order valence-corrected chi connectivity index (χ4v) is 8.06. The zero-order valence-corrected chi connectivity index (χ0v) is 26.7. The van der Waals surface area contributed by atoms with Crippen LogP contribution < -0.4 is 0 Å². The van der Waals surface area contributed by atoms with Crippen molar-refractivity contribution in [1.82, 2.24) is 0 Å². The lowest BCUT2D eigenvalue weighted by molar-refractivity contribution is -0.188. The molecule has 3 fully saturated rings. The van der Waals surface area contributed by atoms with Gasteiger partial charge in [0.05, 0.1) is 11.7 Å². The van der Waals surface area contributed by atoms with Crippen LogP contribution in [0, 0.1) is 17.8 Å². The van der Waals surface area contributed by atoms with Crippen molar-refractivity contribution in [3.05, 3.63) is 94.1 Å². The fraction of sp³-hybridized carbons (Fsp3) is 0.514. The van der Waals surface area contributed by atoms with E-state index in [4.69, 9.17) is 14.2 Å². The Bertz CT molecular complexity index is 1550. The predicted octanol–water partition coefficient (Wildman–Crippen LogP) is 6.71. The van der Waals surface area contributed by atoms with Crippen molar-refractivity contribution >= 4 is 11.6 Å². The second-order valence-corrected chi connectivity index (χ2v) is 14.4. The zero-order valence-electron chi connectivity index (χ0n) is 26.7. The lowest BCUT2D eigenvalue weighted by Gasteiger charge is -2.58. The standard InChI is InChI=1S/C37H44O6/c1-20(2)10-11-25-31-24(14-16-35(9,41-31)15-12-21(3)4)29(38)28-30(39)26-18-23-19-27-34(7,8)43-36(33(23)40,17-13-22(5)6)37(26,27)42-32(25)28/h10,12-16,18,23,27-29,38H,3,11,17,19H2,1-2,4-9H3/b15-12+/t23-,27+,28+,29?,35+,36+,37-/m1/s1. The summed E-state index contributed by atoms with van der Waals surface area (Å²) < 4.78 is 20.8. The fourth-order valence-electron chi connectivity index (χ4n) is 8.06. The Morgan fingerprint density at radius 1 is 1.07 bits per heavy atom. The molecule has 1 N–H and O–H groups in total. The molecule has 6 heteroatoms. The predicted molar refractivity (Wildman–Crippen MR) is 166 cm³/mol. The molecule has 0 aromatic rings. The molecular formula is C37H44O6. The molecule has 1 unspecified atom stereocenters. The minimum atomic E-state index is -1.34. The van der Waals surface area contributed by atoms with E-state index in [9.17, 15) is 14.7 Å². The maximum Gasteiger partial charge on any atom is 0.178 e. The van der Waals surface area contributed by atoms with Crippen LogP contribution in [-0.4, -0.2) is 45.2 Å². The molecular weight excluding hydrogens is 540 g/mol. The van der Waals surface area contributed by atoms with Gasteiger partial charge in [-0.1, -0.05) is 53.7 Å². The molecule has 228 valence electrons. The maximum absolute atomic E-state index is 14.7. The number of hydrogen-bond donors (Lipinski definition) is 1. The zero-order chi connectivity index (χ0) is 31.3. The van der Waals surface area contributed by atoms with Gasteiger partial charge in [-0.15, -0.1) is 0 Å². The number of fused-ring (bicyclic) bond motifs is 1. The summed E-state index contributed by atoms with van der Waals surface area (Å²) in [5, 5.41) is 11.8. The third-order valence-corrected chi connectivity index (χ3v) is 10.1. The lowest BCUT2D eigenvalue weighted by atomic mass is 9.50. The summed E-state index contributed by atoms with van der Waals surface area (Å²) >= 11 is 0. The number of aliphatic hydroxyl groups excluding tert-OH is 1. The smallest absolute Gasteiger partial charge is 0.178 e. The Labute approximate surface area is 255 Å². The van der Waals surface area contributed by atoms with E-state index in [2.05, 4.69) is 12.7 Å². The topological polar surface area (TPSA) is 82.1 Å². The van der Waals surface area contributed by atoms with E-state index in [1.165, 1.54) is 0 Å². The summed E-state index contributed by atoms with van der Waals surface area (Å²) in [6.07, 6.45) is 13.7. The highest BCUT2D eigenvalue weighted by atomic mass is 16.6. The van der Waals surface area contributed by atoms with Crippen molar-refractivity contribution < 1.29 is 28.9 Å². The molecule has 6 nitrogen and oxygen atoms in total. The molecule has 7 rings (SSSR count). The van der Waals surface area contributed by atoms with Gasteiger partial charge in [-0.25, -0.2) is 0 Å². The van der Waals surface area contributed by atoms with E-state index in [1.807, 2.05) is 91.8 Å². The van der Waals surface area contributed by atoms with E-state index in [-0.39, 0.29) is 17.5 Å². The molecule has 4 aliphatic carbocycles. The van der Waals surface area contributed by atoms with Gasteiger partial charge in [0.15, 0.2) is 22.8 Å². The molecule has 7 aliphatic rings. The normalized spacial score (nSPS) is 38.2. The van der Waals surface area contributed by atoms with Crippen molar-refractivity contribution in [1.29, 1.82) is 0 Å². The van der Waals surface area contributed by atoms with E-state index >= 15 is 0 Å². The minimum Gasteiger partial charge on any atom is -0.481 e. The molecule has 3 heterocycles. The van der Waals surface area contributed by atoms with Crippen LogP contribution in [0.15, 0.2) is 94.1 Å². The van der Waals surface area contributed by atoms with Crippen molar-refractivity contribution in [2.45, 2.75) is 103 Å². The van der Waals surface area contributed by atoms with Crippen molar-refractivity contribution in [2.75, 3.05) is 0 Å². The first-order chi connectivity index (χ1) is 20.1. The van der Waals surface area contributed by atoms with Crippen LogP contribution in [0.3, 0.4) is 0 Å². The SMILES string of the molecule is C=C(C)/C=C/[C@@]1(C)C=CC2=C(O1)C(CC=C(C)C)=C1O[C@]34C(=C[C@@H]5C[C@H]3C(C)(C)O[C@@]4(CC=C(C)C)C5=O)C(=O)[C@@H]1C2O. The first-order valence-electron chi connectivity index (χ1n) is 15.4. The Hall–Kier alpha value is -3.22. The number of hydrogen-bond acceptors (Lipinski definition) is 6. The molecule has 0 aromatic carbocycles. The lowest BCUT2D eigenvalue weighted by Crippen LogP contribution is -2.72. The van der Waals surface area contributed by atoms with Crippen LogP contribution in [0.1, 0.15) is 74.7 Å². The van der Waals surface area contributed by atoms with Gasteiger partial charge < -0.3 is 19.3 Å². The molecule has 4 bridgehead atoms. The highest BCUT2D eigenvalue weighted by Crippen LogP contribution is 2.69. The largest absolute Gasteiger partial charge is 0.481 e. The number of allylic oxidation sites excluding steroid dienone is 7. The molecule has 0 aromatic heterocycles. The first kappa shape index (κ1) is 29.8. The summed E-state index contributed by atoms with van der Waals surface area (Å²) in [6, 6.07) is 0. The van der Waals surface area contributed by atoms with Crippen LogP contribution in [0.2, 0.25) is 0 Å². The van der Waals surface area contributed by atoms with Crippen LogP contribution in [-0.2, 0) is 23.8 Å². The molecule has 3 aliphatic heterocycles. The Morgan fingerprint density at radius 2 is 1.77 bits per heavy atom. The van der Waals surface area contributed by atoms with Crippen LogP contribution in [0.4, 0.5) is 0 Å². The number of ether oxygens (including phenoxy) is 3. The average Bonchev–Trinajstić information content (AvgIpc) is 3.07. The Morgan fingerprint density at radius 3 is 2.42 bits per heavy atom. The monoisotopic (exact) mass is 584 g/mol. The third kappa shape index (κ3) is 4.12. The van der Waals surface area contributed by atoms with E-state index < -0.39 is 40.3 Å². The van der Waals surface area contributed by atoms with E-state index in [0.29, 0.717) is 41.9 Å². The van der Waals surface area contributed by atoms with Crippen LogP contribution in [0.25, 0.3) is 0 Å². The van der Waals surface area contributed by atoms with Gasteiger partial charge in [0.25, 0.3) is 0 Å². The highest BCUT2D eigenvalue weighted by Gasteiger charge is 2.82. The van der Waals surface area contributed by atoms with Gasteiger partial charge >= 0.3 is 0 Å². The summed E-state index contributed by atoms with van der Waals surface area (Å²) in [7, 11) is 0. The van der Waals surface area contributed by atoms with Gasteiger partial charge in [0.2, 0.25) is 0 Å². The summed E-state index contributed by atoms with van der Waals surface area (Å²) in [4.78, 5) is 29.0. The van der Waals surface area contributed by atoms with Crippen molar-refractivity contribution in [2.24, 2.45) is 17.8 Å². The van der Waals surface area contributed by atoms with Gasteiger partial charge in [0, 0.05) is 35.0 Å². The third-order valence-electron chi connectivity index (χ3n) is 10.1. The number of Topliss-reactive ketones (excluding diaryl/α,β-unsaturated/α-hetero) is 2. The second-order valence-electron chi connectivity index (χ2n) is 14.4. The van der Waals surface area contributed by atoms with E-state index in [0.717, 1.165) is 22.3 Å². The number of ketones is 2. The summed E-state index contributed by atoms with van der Waals surface area (Å²) in [6.45, 7) is 19.9. The quantitative estimate of drug-likeness (QED) is 0.276. The van der Waals surface area contributed by atoms with Crippen LogP contribution >= 0.6 is 0 Å². The molecule has 7 atom stereocenters. The van der Waals surface area contributed by atoms with Gasteiger partial charge in [0.1, 0.15) is 23.0 Å². The average molecular weight is 585 g/mol. The summed E-state index contributed by atoms with van der Waals surface area (Å²) in [5.41, 5.74) is 0.692. The molecule has 0 amide bonds. The molecule has 43 heavy (non-hydrogen) atoms. The number of rotatable bonds is 6.